The highest BCUT2D eigenvalue weighted by atomic mass is 35.5. The molecule has 0 N–H and O–H groups in total. The number of hydrogen-bond donors (Lipinski definition) is 0. The Morgan fingerprint density at radius 1 is 1.18 bits per heavy atom. The Bertz CT molecular complexity index is 452. The number of anilines is 1. The number of nitrogens with zero attached hydrogens (tertiary/aromatic N) is 3. The van der Waals surface area contributed by atoms with Crippen LogP contribution in [0.4, 0.5) is 5.82 Å². The minimum atomic E-state index is -0.446. The van der Waals surface area contributed by atoms with Crippen molar-refractivity contribution in [2.24, 2.45) is 0 Å². The predicted molar refractivity (Wildman–Crippen MR) is 66.6 cm³/mol. The van der Waals surface area contributed by atoms with E-state index in [0.717, 1.165) is 5.56 Å². The van der Waals surface area contributed by atoms with Crippen LogP contribution in [-0.2, 0) is 4.84 Å². The first-order valence-electron chi connectivity index (χ1n) is 5.13. The number of benzene rings is 1. The highest BCUT2D eigenvalue weighted by Gasteiger charge is 2.19. The van der Waals surface area contributed by atoms with Crippen molar-refractivity contribution in [1.29, 1.82) is 0 Å². The van der Waals surface area contributed by atoms with Crippen molar-refractivity contribution >= 4 is 17.4 Å². The van der Waals surface area contributed by atoms with Crippen molar-refractivity contribution < 1.29 is 4.84 Å². The molecule has 1 aromatic carbocycles. The van der Waals surface area contributed by atoms with Crippen LogP contribution in [0, 0.1) is 0 Å². The molecule has 1 atom stereocenters. The minimum absolute atomic E-state index is 0.446. The van der Waals surface area contributed by atoms with E-state index in [1.165, 1.54) is 5.06 Å². The fourth-order valence-electron chi connectivity index (χ4n) is 1.46. The first-order valence-corrected chi connectivity index (χ1v) is 5.56. The number of alkyl halides is 1. The van der Waals surface area contributed by atoms with Crippen molar-refractivity contribution in [3.05, 3.63) is 54.2 Å². The molecular weight excluding hydrogens is 238 g/mol. The summed E-state index contributed by atoms with van der Waals surface area (Å²) in [6.07, 6.45) is 1.60. The maximum atomic E-state index is 6.34. The molecule has 88 valence electrons. The summed E-state index contributed by atoms with van der Waals surface area (Å²) in [5.74, 6) is 0.568. The number of rotatable bonds is 4. The van der Waals surface area contributed by atoms with E-state index in [0.29, 0.717) is 5.82 Å². The highest BCUT2D eigenvalue weighted by Crippen LogP contribution is 2.28. The third kappa shape index (κ3) is 2.72. The Morgan fingerprint density at radius 3 is 2.53 bits per heavy atom. The lowest BCUT2D eigenvalue weighted by Gasteiger charge is -2.25. The molecule has 0 aliphatic heterocycles. The second-order valence-corrected chi connectivity index (χ2v) is 3.75. The summed E-state index contributed by atoms with van der Waals surface area (Å²) in [6.45, 7) is 0. The Kier molecular flexibility index (Phi) is 3.90. The molecule has 1 unspecified atom stereocenters. The first kappa shape index (κ1) is 11.8. The second-order valence-electron chi connectivity index (χ2n) is 3.34. The van der Waals surface area contributed by atoms with E-state index in [2.05, 4.69) is 10.2 Å². The van der Waals surface area contributed by atoms with Crippen molar-refractivity contribution in [3.63, 3.8) is 0 Å². The lowest BCUT2D eigenvalue weighted by Crippen LogP contribution is -2.25. The van der Waals surface area contributed by atoms with Gasteiger partial charge in [0.05, 0.1) is 7.11 Å². The number of halogens is 1. The maximum Gasteiger partial charge on any atom is 0.176 e. The summed E-state index contributed by atoms with van der Waals surface area (Å²) in [6, 6.07) is 13.2. The molecule has 1 heterocycles. The van der Waals surface area contributed by atoms with Gasteiger partial charge in [-0.1, -0.05) is 41.9 Å². The molecule has 0 saturated carbocycles. The van der Waals surface area contributed by atoms with Crippen LogP contribution in [0.25, 0.3) is 0 Å². The second kappa shape index (κ2) is 5.61. The van der Waals surface area contributed by atoms with Gasteiger partial charge in [0.25, 0.3) is 0 Å². The normalized spacial score (nSPS) is 12.1. The first-order chi connectivity index (χ1) is 8.33. The van der Waals surface area contributed by atoms with Gasteiger partial charge in [0, 0.05) is 6.20 Å². The monoisotopic (exact) mass is 249 g/mol. The van der Waals surface area contributed by atoms with Crippen LogP contribution in [0.5, 0.6) is 0 Å². The summed E-state index contributed by atoms with van der Waals surface area (Å²) in [5, 5.41) is 9.27. The smallest absolute Gasteiger partial charge is 0.176 e. The lowest BCUT2D eigenvalue weighted by atomic mass is 10.2. The Balaban J connectivity index is 2.25. The number of hydrogen-bond acceptors (Lipinski definition) is 4. The Hall–Kier alpha value is -1.65. The molecule has 5 heteroatoms. The molecule has 0 aliphatic carbocycles. The molecule has 2 rings (SSSR count). The summed E-state index contributed by atoms with van der Waals surface area (Å²) in [4.78, 5) is 5.25. The molecule has 2 aromatic rings. The lowest BCUT2D eigenvalue weighted by molar-refractivity contribution is 0.156. The largest absolute Gasteiger partial charge is 0.274 e. The zero-order valence-corrected chi connectivity index (χ0v) is 10.1. The van der Waals surface area contributed by atoms with Crippen LogP contribution in [0.2, 0.25) is 0 Å². The molecule has 1 aromatic heterocycles. The van der Waals surface area contributed by atoms with Crippen LogP contribution >= 0.6 is 11.6 Å². The van der Waals surface area contributed by atoms with Crippen LogP contribution in [0.1, 0.15) is 11.1 Å². The van der Waals surface area contributed by atoms with E-state index in [4.69, 9.17) is 16.4 Å². The van der Waals surface area contributed by atoms with E-state index < -0.39 is 5.50 Å². The van der Waals surface area contributed by atoms with E-state index >= 15 is 0 Å². The predicted octanol–water partition coefficient (Wildman–Crippen LogP) is 2.78. The van der Waals surface area contributed by atoms with Gasteiger partial charge < -0.3 is 0 Å². The molecule has 0 radical (unpaired) electrons. The molecule has 0 fully saturated rings. The minimum Gasteiger partial charge on any atom is -0.274 e. The quantitative estimate of drug-likeness (QED) is 0.474. The number of aromatic nitrogens is 2. The Morgan fingerprint density at radius 2 is 1.94 bits per heavy atom. The average Bonchev–Trinajstić information content (AvgIpc) is 2.42. The zero-order valence-electron chi connectivity index (χ0n) is 9.32. The van der Waals surface area contributed by atoms with E-state index in [-0.39, 0.29) is 0 Å². The van der Waals surface area contributed by atoms with Crippen molar-refractivity contribution in [3.8, 4) is 0 Å². The summed E-state index contributed by atoms with van der Waals surface area (Å²) in [5.41, 5.74) is 0.486. The van der Waals surface area contributed by atoms with Gasteiger partial charge in [-0.2, -0.15) is 5.10 Å². The molecule has 0 bridgehead atoms. The van der Waals surface area contributed by atoms with Gasteiger partial charge in [-0.3, -0.25) is 4.84 Å². The molecule has 0 aliphatic rings. The van der Waals surface area contributed by atoms with Crippen LogP contribution in [-0.4, -0.2) is 17.3 Å². The number of hydroxylamine groups is 1. The molecule has 4 nitrogen and oxygen atoms in total. The van der Waals surface area contributed by atoms with Gasteiger partial charge in [0.1, 0.15) is 0 Å². The molecular formula is C12H12ClN3O. The SMILES string of the molecule is CON(c1cccnn1)C(Cl)c1ccccc1. The van der Waals surface area contributed by atoms with Gasteiger partial charge >= 0.3 is 0 Å². The van der Waals surface area contributed by atoms with Gasteiger partial charge in [-0.05, 0) is 17.7 Å². The summed E-state index contributed by atoms with van der Waals surface area (Å²) < 4.78 is 0. The van der Waals surface area contributed by atoms with E-state index in [9.17, 15) is 0 Å². The summed E-state index contributed by atoms with van der Waals surface area (Å²) >= 11 is 6.34. The standard InChI is InChI=1S/C12H12ClN3O/c1-17-16(11-8-5-9-14-15-11)12(13)10-6-3-2-4-7-10/h2-9,12H,1H3. The summed E-state index contributed by atoms with van der Waals surface area (Å²) in [7, 11) is 1.55. The van der Waals surface area contributed by atoms with E-state index in [1.807, 2.05) is 30.3 Å². The van der Waals surface area contributed by atoms with Crippen molar-refractivity contribution in [2.45, 2.75) is 5.50 Å². The topological polar surface area (TPSA) is 38.2 Å². The van der Waals surface area contributed by atoms with Gasteiger partial charge in [-0.15, -0.1) is 5.10 Å². The molecule has 0 amide bonds. The Labute approximate surface area is 105 Å². The van der Waals surface area contributed by atoms with Gasteiger partial charge in [0.2, 0.25) is 0 Å². The van der Waals surface area contributed by atoms with Crippen LogP contribution in [0.3, 0.4) is 0 Å². The molecule has 0 saturated heterocycles. The zero-order chi connectivity index (χ0) is 12.1. The van der Waals surface area contributed by atoms with Gasteiger partial charge in [-0.25, -0.2) is 5.06 Å². The van der Waals surface area contributed by atoms with Crippen LogP contribution < -0.4 is 5.06 Å². The highest BCUT2D eigenvalue weighted by molar-refractivity contribution is 6.21. The fourth-order valence-corrected chi connectivity index (χ4v) is 1.79. The third-order valence-corrected chi connectivity index (χ3v) is 2.69. The third-order valence-electron chi connectivity index (χ3n) is 2.26. The van der Waals surface area contributed by atoms with Gasteiger partial charge in [0.15, 0.2) is 11.3 Å². The van der Waals surface area contributed by atoms with Crippen molar-refractivity contribution in [2.75, 3.05) is 12.2 Å². The average molecular weight is 250 g/mol. The van der Waals surface area contributed by atoms with E-state index in [1.54, 1.807) is 25.4 Å². The molecule has 0 spiro atoms. The van der Waals surface area contributed by atoms with Crippen molar-refractivity contribution in [1.82, 2.24) is 10.2 Å². The molecule has 17 heavy (non-hydrogen) atoms. The maximum absolute atomic E-state index is 6.34. The fraction of sp³-hybridized carbons (Fsp3) is 0.167. The van der Waals surface area contributed by atoms with Crippen LogP contribution in [0.15, 0.2) is 48.7 Å².